The number of benzene rings is 3. The van der Waals surface area contributed by atoms with Gasteiger partial charge in [0.05, 0.1) is 19.7 Å². The van der Waals surface area contributed by atoms with Gasteiger partial charge in [-0.3, -0.25) is 9.88 Å². The highest BCUT2D eigenvalue weighted by molar-refractivity contribution is 5.78. The fraction of sp³-hybridized carbons (Fsp3) is 0.222. The molecule has 4 heteroatoms. The summed E-state index contributed by atoms with van der Waals surface area (Å²) >= 11 is 0. The maximum atomic E-state index is 5.68. The average molecular weight is 411 g/mol. The molecule has 3 aromatic carbocycles. The van der Waals surface area contributed by atoms with Crippen molar-refractivity contribution in [1.29, 1.82) is 0 Å². The molecule has 0 atom stereocenters. The number of aromatic nitrogens is 1. The highest BCUT2D eigenvalue weighted by atomic mass is 16.5. The summed E-state index contributed by atoms with van der Waals surface area (Å²) in [6.45, 7) is 2.78. The van der Waals surface area contributed by atoms with E-state index in [-0.39, 0.29) is 0 Å². The second kappa shape index (κ2) is 8.40. The highest BCUT2D eigenvalue weighted by Crippen LogP contribution is 2.38. The van der Waals surface area contributed by atoms with Crippen molar-refractivity contribution in [1.82, 2.24) is 9.88 Å². The van der Waals surface area contributed by atoms with Crippen molar-refractivity contribution in [3.8, 4) is 22.6 Å². The molecule has 0 unspecified atom stereocenters. The van der Waals surface area contributed by atoms with E-state index in [0.717, 1.165) is 48.8 Å². The third-order valence-electron chi connectivity index (χ3n) is 6.11. The number of fused-ring (bicyclic) bond motifs is 2. The van der Waals surface area contributed by atoms with E-state index < -0.39 is 0 Å². The lowest BCUT2D eigenvalue weighted by Crippen LogP contribution is -2.20. The third kappa shape index (κ3) is 3.87. The molecule has 0 amide bonds. The number of methoxy groups -OCH3 is 2. The zero-order chi connectivity index (χ0) is 21.2. The second-order valence-corrected chi connectivity index (χ2v) is 7.96. The molecular weight excluding hydrogens is 384 g/mol. The Morgan fingerprint density at radius 3 is 2.42 bits per heavy atom. The van der Waals surface area contributed by atoms with Crippen molar-refractivity contribution in [2.75, 3.05) is 20.8 Å². The summed E-state index contributed by atoms with van der Waals surface area (Å²) in [6.07, 6.45) is 0.930. The van der Waals surface area contributed by atoms with Gasteiger partial charge in [-0.05, 0) is 47.0 Å². The van der Waals surface area contributed by atoms with Crippen LogP contribution in [0.4, 0.5) is 0 Å². The van der Waals surface area contributed by atoms with Gasteiger partial charge in [-0.1, -0.05) is 42.5 Å². The molecule has 4 aromatic rings. The molecule has 0 saturated carbocycles. The molecule has 0 radical (unpaired) electrons. The van der Waals surface area contributed by atoms with Gasteiger partial charge in [0, 0.05) is 42.7 Å². The molecule has 1 aliphatic rings. The average Bonchev–Trinajstić information content (AvgIpc) is 3.26. The van der Waals surface area contributed by atoms with Crippen LogP contribution in [0, 0.1) is 0 Å². The lowest BCUT2D eigenvalue weighted by atomic mass is 9.96. The van der Waals surface area contributed by atoms with Gasteiger partial charge in [-0.15, -0.1) is 0 Å². The largest absolute Gasteiger partial charge is 0.497 e. The van der Waals surface area contributed by atoms with Crippen LogP contribution in [-0.2, 0) is 19.5 Å². The summed E-state index contributed by atoms with van der Waals surface area (Å²) in [5.41, 5.74) is 7.32. The number of hydrogen-bond acceptors (Lipinski definition) is 4. The Morgan fingerprint density at radius 2 is 1.61 bits per heavy atom. The minimum atomic E-state index is 0.874. The minimum Gasteiger partial charge on any atom is -0.497 e. The quantitative estimate of drug-likeness (QED) is 0.422. The number of rotatable bonds is 6. The Kier molecular flexibility index (Phi) is 5.31. The first-order valence-corrected chi connectivity index (χ1v) is 10.7. The van der Waals surface area contributed by atoms with E-state index in [0.29, 0.717) is 0 Å². The molecule has 4 nitrogen and oxygen atoms in total. The van der Waals surface area contributed by atoms with E-state index in [2.05, 4.69) is 59.5 Å². The van der Waals surface area contributed by atoms with Crippen molar-refractivity contribution in [3.63, 3.8) is 0 Å². The molecular formula is C27H26N2O2. The van der Waals surface area contributed by atoms with Gasteiger partial charge in [-0.25, -0.2) is 0 Å². The van der Waals surface area contributed by atoms with Gasteiger partial charge >= 0.3 is 0 Å². The Labute approximate surface area is 183 Å². The monoisotopic (exact) mass is 410 g/mol. The SMILES string of the molecule is COc1ccc(-c2ccc(OC)c3c2CN(CCc2ccc4ccccc4n2)C3)cc1. The van der Waals surface area contributed by atoms with Crippen LogP contribution in [0.2, 0.25) is 0 Å². The van der Waals surface area contributed by atoms with Gasteiger partial charge in [-0.2, -0.15) is 0 Å². The number of ether oxygens (including phenoxy) is 2. The predicted molar refractivity (Wildman–Crippen MR) is 125 cm³/mol. The first-order valence-electron chi connectivity index (χ1n) is 10.7. The molecule has 156 valence electrons. The lowest BCUT2D eigenvalue weighted by Gasteiger charge is -2.15. The third-order valence-corrected chi connectivity index (χ3v) is 6.11. The number of nitrogens with zero attached hydrogens (tertiary/aromatic N) is 2. The molecule has 2 heterocycles. The fourth-order valence-corrected chi connectivity index (χ4v) is 4.44. The van der Waals surface area contributed by atoms with Gasteiger partial charge in [0.1, 0.15) is 11.5 Å². The fourth-order valence-electron chi connectivity index (χ4n) is 4.44. The van der Waals surface area contributed by atoms with Crippen LogP contribution >= 0.6 is 0 Å². The summed E-state index contributed by atoms with van der Waals surface area (Å²) in [5.74, 6) is 1.84. The van der Waals surface area contributed by atoms with Crippen LogP contribution < -0.4 is 9.47 Å². The normalized spacial score (nSPS) is 13.4. The zero-order valence-corrected chi connectivity index (χ0v) is 18.0. The highest BCUT2D eigenvalue weighted by Gasteiger charge is 2.25. The number of pyridine rings is 1. The number of hydrogen-bond donors (Lipinski definition) is 0. The summed E-state index contributed by atoms with van der Waals surface area (Å²) in [4.78, 5) is 7.32. The first kappa shape index (κ1) is 19.6. The van der Waals surface area contributed by atoms with E-state index in [9.17, 15) is 0 Å². The van der Waals surface area contributed by atoms with E-state index in [1.165, 1.54) is 27.6 Å². The summed E-state index contributed by atoms with van der Waals surface area (Å²) in [5, 5.41) is 1.19. The van der Waals surface area contributed by atoms with Crippen LogP contribution in [0.5, 0.6) is 11.5 Å². The van der Waals surface area contributed by atoms with Gasteiger partial charge in [0.2, 0.25) is 0 Å². The van der Waals surface area contributed by atoms with Crippen LogP contribution in [-0.4, -0.2) is 30.6 Å². The van der Waals surface area contributed by atoms with Gasteiger partial charge < -0.3 is 9.47 Å². The zero-order valence-electron chi connectivity index (χ0n) is 18.0. The molecule has 0 spiro atoms. The Bertz CT molecular complexity index is 1220. The molecule has 0 N–H and O–H groups in total. The standard InChI is InChI=1S/C27H26N2O2/c1-30-22-11-8-19(9-12-22)23-13-14-27(31-2)25-18-29(17-24(23)25)16-15-21-10-7-20-5-3-4-6-26(20)28-21/h3-14H,15-18H2,1-2H3. The summed E-state index contributed by atoms with van der Waals surface area (Å²) in [7, 11) is 3.45. The summed E-state index contributed by atoms with van der Waals surface area (Å²) < 4.78 is 11.0. The molecule has 0 aliphatic carbocycles. The lowest BCUT2D eigenvalue weighted by molar-refractivity contribution is 0.284. The molecule has 0 fully saturated rings. The minimum absolute atomic E-state index is 0.874. The van der Waals surface area contributed by atoms with Crippen molar-refractivity contribution in [2.24, 2.45) is 0 Å². The Hall–Kier alpha value is -3.37. The van der Waals surface area contributed by atoms with E-state index >= 15 is 0 Å². The van der Waals surface area contributed by atoms with E-state index in [1.54, 1.807) is 14.2 Å². The second-order valence-electron chi connectivity index (χ2n) is 7.96. The Morgan fingerprint density at radius 1 is 0.806 bits per heavy atom. The van der Waals surface area contributed by atoms with E-state index in [1.807, 2.05) is 18.2 Å². The van der Waals surface area contributed by atoms with Gasteiger partial charge in [0.25, 0.3) is 0 Å². The van der Waals surface area contributed by atoms with Crippen molar-refractivity contribution in [2.45, 2.75) is 19.5 Å². The van der Waals surface area contributed by atoms with Crippen molar-refractivity contribution < 1.29 is 9.47 Å². The van der Waals surface area contributed by atoms with Crippen LogP contribution in [0.1, 0.15) is 16.8 Å². The van der Waals surface area contributed by atoms with Crippen LogP contribution in [0.25, 0.3) is 22.0 Å². The van der Waals surface area contributed by atoms with Crippen LogP contribution in [0.15, 0.2) is 72.8 Å². The molecule has 5 rings (SSSR count). The summed E-state index contributed by atoms with van der Waals surface area (Å²) in [6, 6.07) is 25.2. The molecule has 1 aliphatic heterocycles. The predicted octanol–water partition coefficient (Wildman–Crippen LogP) is 5.48. The molecule has 1 aromatic heterocycles. The number of para-hydroxylation sites is 1. The topological polar surface area (TPSA) is 34.6 Å². The van der Waals surface area contributed by atoms with E-state index in [4.69, 9.17) is 14.5 Å². The smallest absolute Gasteiger partial charge is 0.123 e. The Balaban J connectivity index is 1.37. The molecule has 0 bridgehead atoms. The first-order chi connectivity index (χ1) is 15.2. The van der Waals surface area contributed by atoms with Crippen LogP contribution in [0.3, 0.4) is 0 Å². The van der Waals surface area contributed by atoms with Crippen molar-refractivity contribution >= 4 is 10.9 Å². The van der Waals surface area contributed by atoms with Gasteiger partial charge in [0.15, 0.2) is 0 Å². The maximum absolute atomic E-state index is 5.68. The van der Waals surface area contributed by atoms with Crippen molar-refractivity contribution in [3.05, 3.63) is 89.6 Å². The maximum Gasteiger partial charge on any atom is 0.123 e. The molecule has 0 saturated heterocycles. The molecule has 31 heavy (non-hydrogen) atoms.